The third kappa shape index (κ3) is 3.88. The molecular formula is C24H25ClN6O. The summed E-state index contributed by atoms with van der Waals surface area (Å²) in [4.78, 5) is 17.3. The molecule has 0 saturated carbocycles. The van der Waals surface area contributed by atoms with Crippen molar-refractivity contribution in [3.8, 4) is 0 Å². The zero-order valence-corrected chi connectivity index (χ0v) is 18.7. The second-order valence-electron chi connectivity index (χ2n) is 8.36. The van der Waals surface area contributed by atoms with Gasteiger partial charge in [-0.1, -0.05) is 59.2 Å². The van der Waals surface area contributed by atoms with Crippen molar-refractivity contribution in [2.45, 2.75) is 38.3 Å². The molecule has 1 fully saturated rings. The summed E-state index contributed by atoms with van der Waals surface area (Å²) in [6, 6.07) is 17.8. The number of anilines is 1. The molecule has 0 aliphatic carbocycles. The molecule has 3 heterocycles. The van der Waals surface area contributed by atoms with Gasteiger partial charge in [-0.2, -0.15) is 4.68 Å². The maximum Gasteiger partial charge on any atom is 0.251 e. The first-order valence-corrected chi connectivity index (χ1v) is 11.4. The van der Waals surface area contributed by atoms with Crippen LogP contribution in [0.1, 0.15) is 43.4 Å². The molecule has 2 aliphatic rings. The second-order valence-corrected chi connectivity index (χ2v) is 8.79. The molecule has 0 radical (unpaired) electrons. The summed E-state index contributed by atoms with van der Waals surface area (Å²) in [6.07, 6.45) is 5.39. The van der Waals surface area contributed by atoms with Gasteiger partial charge in [0.15, 0.2) is 0 Å². The van der Waals surface area contributed by atoms with Crippen LogP contribution < -0.4 is 4.90 Å². The van der Waals surface area contributed by atoms with E-state index in [0.717, 1.165) is 36.2 Å². The van der Waals surface area contributed by atoms with Gasteiger partial charge in [-0.25, -0.2) is 0 Å². The number of halogens is 1. The fourth-order valence-electron chi connectivity index (χ4n) is 4.57. The van der Waals surface area contributed by atoms with Gasteiger partial charge in [-0.15, -0.1) is 0 Å². The molecule has 1 amide bonds. The molecule has 7 nitrogen and oxygen atoms in total. The van der Waals surface area contributed by atoms with Crippen molar-refractivity contribution < 1.29 is 4.79 Å². The van der Waals surface area contributed by atoms with Crippen molar-refractivity contribution in [1.29, 1.82) is 0 Å². The van der Waals surface area contributed by atoms with Crippen molar-refractivity contribution in [3.05, 3.63) is 76.8 Å². The Balaban J connectivity index is 1.55. The Kier molecular flexibility index (Phi) is 5.66. The average Bonchev–Trinajstić information content (AvgIpc) is 3.31. The molecule has 2 aromatic carbocycles. The Morgan fingerprint density at radius 3 is 2.62 bits per heavy atom. The van der Waals surface area contributed by atoms with E-state index in [0.29, 0.717) is 11.0 Å². The zero-order valence-electron chi connectivity index (χ0n) is 17.9. The number of tetrazole rings is 1. The van der Waals surface area contributed by atoms with Gasteiger partial charge < -0.3 is 4.90 Å². The number of aromatic nitrogens is 4. The normalized spacial score (nSPS) is 20.6. The van der Waals surface area contributed by atoms with Gasteiger partial charge in [-0.3, -0.25) is 9.69 Å². The van der Waals surface area contributed by atoms with Gasteiger partial charge in [0.05, 0.1) is 5.70 Å². The Hall–Kier alpha value is -3.19. The highest BCUT2D eigenvalue weighted by molar-refractivity contribution is 6.30. The third-order valence-corrected chi connectivity index (χ3v) is 6.54. The maximum absolute atomic E-state index is 13.3. The summed E-state index contributed by atoms with van der Waals surface area (Å²) in [6.45, 7) is 3.12. The van der Waals surface area contributed by atoms with Crippen LogP contribution in [0.5, 0.6) is 0 Å². The molecule has 3 aromatic rings. The molecule has 164 valence electrons. The molecule has 5 rings (SSSR count). The topological polar surface area (TPSA) is 67.2 Å². The van der Waals surface area contributed by atoms with Crippen LogP contribution >= 0.6 is 11.6 Å². The highest BCUT2D eigenvalue weighted by Crippen LogP contribution is 2.36. The van der Waals surface area contributed by atoms with Gasteiger partial charge in [0.1, 0.15) is 12.6 Å². The summed E-state index contributed by atoms with van der Waals surface area (Å²) in [5.41, 5.74) is 2.96. The fraction of sp³-hybridized carbons (Fsp3) is 0.333. The molecule has 0 N–H and O–H groups in total. The number of piperidine rings is 1. The quantitative estimate of drug-likeness (QED) is 0.599. The van der Waals surface area contributed by atoms with Crippen LogP contribution in [-0.4, -0.2) is 50.1 Å². The summed E-state index contributed by atoms with van der Waals surface area (Å²) >= 11 is 6.11. The van der Waals surface area contributed by atoms with E-state index in [4.69, 9.17) is 11.6 Å². The largest absolute Gasteiger partial charge is 0.338 e. The zero-order chi connectivity index (χ0) is 22.1. The molecule has 0 bridgehead atoms. The first-order valence-electron chi connectivity index (χ1n) is 11.0. The Labute approximate surface area is 192 Å². The predicted octanol–water partition coefficient (Wildman–Crippen LogP) is 4.18. The number of fused-ring (bicyclic) bond motifs is 1. The predicted molar refractivity (Wildman–Crippen MR) is 124 cm³/mol. The molecule has 2 aliphatic heterocycles. The standard InChI is InChI=1S/C24H25ClN6O/c1-17-7-5-6-14-29(17)23(32)16-30-21(18-8-3-2-4-9-18)15-22(31-24(30)26-27-28-31)19-10-12-20(25)13-11-19/h2-4,8-13,15,17,22H,5-7,14,16H2,1H3/t17-,22+/m0/s1. The van der Waals surface area contributed by atoms with Crippen LogP contribution in [-0.2, 0) is 4.79 Å². The fourth-order valence-corrected chi connectivity index (χ4v) is 4.70. The lowest BCUT2D eigenvalue weighted by Crippen LogP contribution is -2.47. The van der Waals surface area contributed by atoms with E-state index in [1.54, 1.807) is 4.68 Å². The highest BCUT2D eigenvalue weighted by atomic mass is 35.5. The number of likely N-dealkylation sites (tertiary alicyclic amines) is 1. The summed E-state index contributed by atoms with van der Waals surface area (Å²) in [5, 5.41) is 13.2. The number of carbonyl (C=O) groups excluding carboxylic acids is 1. The van der Waals surface area contributed by atoms with Crippen LogP contribution in [0, 0.1) is 0 Å². The van der Waals surface area contributed by atoms with E-state index in [-0.39, 0.29) is 24.5 Å². The molecule has 8 heteroatoms. The first kappa shape index (κ1) is 20.7. The van der Waals surface area contributed by atoms with Gasteiger partial charge >= 0.3 is 0 Å². The van der Waals surface area contributed by atoms with Gasteiger partial charge in [0.25, 0.3) is 5.95 Å². The number of rotatable bonds is 4. The van der Waals surface area contributed by atoms with Crippen molar-refractivity contribution in [3.63, 3.8) is 0 Å². The smallest absolute Gasteiger partial charge is 0.251 e. The monoisotopic (exact) mass is 448 g/mol. The van der Waals surface area contributed by atoms with E-state index in [2.05, 4.69) is 28.5 Å². The average molecular weight is 449 g/mol. The van der Waals surface area contributed by atoms with Crippen LogP contribution in [0.2, 0.25) is 5.02 Å². The van der Waals surface area contributed by atoms with Gasteiger partial charge in [0, 0.05) is 17.6 Å². The second kappa shape index (κ2) is 8.74. The molecule has 32 heavy (non-hydrogen) atoms. The number of nitrogens with zero attached hydrogens (tertiary/aromatic N) is 6. The number of benzene rings is 2. The van der Waals surface area contributed by atoms with Gasteiger partial charge in [-0.05, 0) is 65.9 Å². The van der Waals surface area contributed by atoms with Crippen molar-refractivity contribution in [2.24, 2.45) is 0 Å². The van der Waals surface area contributed by atoms with E-state index in [1.165, 1.54) is 6.42 Å². The molecule has 2 atom stereocenters. The molecular weight excluding hydrogens is 424 g/mol. The Bertz CT molecular complexity index is 1130. The van der Waals surface area contributed by atoms with Crippen molar-refractivity contribution in [1.82, 2.24) is 25.1 Å². The number of hydrogen-bond donors (Lipinski definition) is 0. The summed E-state index contributed by atoms with van der Waals surface area (Å²) in [7, 11) is 0. The van der Waals surface area contributed by atoms with Crippen molar-refractivity contribution >= 4 is 29.2 Å². The van der Waals surface area contributed by atoms with E-state index >= 15 is 0 Å². The molecule has 0 spiro atoms. The van der Waals surface area contributed by atoms with Crippen LogP contribution in [0.4, 0.5) is 5.95 Å². The van der Waals surface area contributed by atoms with Crippen LogP contribution in [0.15, 0.2) is 60.7 Å². The number of amides is 1. The van der Waals surface area contributed by atoms with E-state index in [1.807, 2.05) is 64.4 Å². The van der Waals surface area contributed by atoms with Gasteiger partial charge in [0.2, 0.25) is 5.91 Å². The summed E-state index contributed by atoms with van der Waals surface area (Å²) < 4.78 is 1.77. The first-order chi connectivity index (χ1) is 15.6. The maximum atomic E-state index is 13.3. The molecule has 1 aromatic heterocycles. The highest BCUT2D eigenvalue weighted by Gasteiger charge is 2.34. The number of hydrogen-bond acceptors (Lipinski definition) is 5. The summed E-state index contributed by atoms with van der Waals surface area (Å²) in [5.74, 6) is 0.655. The lowest BCUT2D eigenvalue weighted by Gasteiger charge is -2.37. The third-order valence-electron chi connectivity index (χ3n) is 6.28. The minimum absolute atomic E-state index is 0.0959. The lowest BCUT2D eigenvalue weighted by atomic mass is 10.0. The minimum atomic E-state index is -0.201. The molecule has 0 unspecified atom stereocenters. The van der Waals surface area contributed by atoms with E-state index < -0.39 is 0 Å². The Morgan fingerprint density at radius 2 is 1.88 bits per heavy atom. The lowest BCUT2D eigenvalue weighted by molar-refractivity contribution is -0.132. The van der Waals surface area contributed by atoms with Crippen LogP contribution in [0.3, 0.4) is 0 Å². The van der Waals surface area contributed by atoms with Crippen LogP contribution in [0.25, 0.3) is 5.70 Å². The minimum Gasteiger partial charge on any atom is -0.338 e. The Morgan fingerprint density at radius 1 is 1.09 bits per heavy atom. The number of carbonyl (C=O) groups is 1. The molecule has 1 saturated heterocycles. The number of allylic oxidation sites excluding steroid dienone is 1. The van der Waals surface area contributed by atoms with Crippen molar-refractivity contribution in [2.75, 3.05) is 18.0 Å². The SMILES string of the molecule is C[C@H]1CCCCN1C(=O)CN1C(c2ccccc2)=C[C@H](c2ccc(Cl)cc2)n2nnnc21. The van der Waals surface area contributed by atoms with E-state index in [9.17, 15) is 4.79 Å².